The summed E-state index contributed by atoms with van der Waals surface area (Å²) in [5, 5.41) is 50.1. The molecule has 0 aromatic rings. The molecule has 0 amide bonds. The van der Waals surface area contributed by atoms with Crippen LogP contribution in [0.1, 0.15) is 226 Å². The van der Waals surface area contributed by atoms with E-state index in [1.807, 2.05) is 0 Å². The van der Waals surface area contributed by atoms with Crippen LogP contribution >= 0.6 is 7.82 Å². The smallest absolute Gasteiger partial charge is 0.462 e. The molecule has 1 aliphatic rings. The van der Waals surface area contributed by atoms with Crippen molar-refractivity contribution in [2.45, 2.75) is 268 Å². The molecule has 0 saturated heterocycles. The summed E-state index contributed by atoms with van der Waals surface area (Å²) in [7, 11) is -5.11. The first-order chi connectivity index (χ1) is 28.9. The topological polar surface area (TPSA) is 210 Å². The quantitative estimate of drug-likeness (QED) is 0.0192. The Morgan fingerprint density at radius 3 is 1.10 bits per heavy atom. The van der Waals surface area contributed by atoms with Crippen molar-refractivity contribution < 1.29 is 63.1 Å². The molecule has 356 valence electrons. The van der Waals surface area contributed by atoms with Gasteiger partial charge in [-0.1, -0.05) is 200 Å². The molecular formula is C46H89O13P. The largest absolute Gasteiger partial charge is 0.472 e. The van der Waals surface area contributed by atoms with Gasteiger partial charge in [0.25, 0.3) is 0 Å². The SMILES string of the molecule is CCCCCCCCCCCCCCCCCCCCCCCCC(=O)OC(COC(=O)CCCCCCCCCCC)COP(=O)(O)OC1C(O)C(O)C(O)C(O)C1O. The lowest BCUT2D eigenvalue weighted by Crippen LogP contribution is -2.64. The van der Waals surface area contributed by atoms with Gasteiger partial charge >= 0.3 is 19.8 Å². The number of hydrogen-bond donors (Lipinski definition) is 6. The van der Waals surface area contributed by atoms with Crippen LogP contribution in [0.3, 0.4) is 0 Å². The van der Waals surface area contributed by atoms with Gasteiger partial charge in [0.2, 0.25) is 0 Å². The molecular weight excluding hydrogens is 791 g/mol. The van der Waals surface area contributed by atoms with Crippen LogP contribution in [-0.2, 0) is 32.7 Å². The zero-order chi connectivity index (χ0) is 44.3. The maximum Gasteiger partial charge on any atom is 0.472 e. The number of hydrogen-bond acceptors (Lipinski definition) is 12. The van der Waals surface area contributed by atoms with E-state index in [-0.39, 0.29) is 12.8 Å². The minimum absolute atomic E-state index is 0.105. The molecule has 0 aromatic carbocycles. The first kappa shape index (κ1) is 56.9. The molecule has 1 saturated carbocycles. The molecule has 13 nitrogen and oxygen atoms in total. The Morgan fingerprint density at radius 1 is 0.450 bits per heavy atom. The van der Waals surface area contributed by atoms with Crippen molar-refractivity contribution >= 4 is 19.8 Å². The van der Waals surface area contributed by atoms with Crippen LogP contribution in [0.2, 0.25) is 0 Å². The summed E-state index contributed by atoms with van der Waals surface area (Å²) in [5.74, 6) is -1.09. The minimum Gasteiger partial charge on any atom is -0.462 e. The van der Waals surface area contributed by atoms with Crippen LogP contribution in [0.4, 0.5) is 0 Å². The lowest BCUT2D eigenvalue weighted by molar-refractivity contribution is -0.220. The van der Waals surface area contributed by atoms with E-state index < -0.39 is 75.7 Å². The van der Waals surface area contributed by atoms with E-state index in [0.29, 0.717) is 12.8 Å². The van der Waals surface area contributed by atoms with E-state index >= 15 is 0 Å². The summed E-state index contributed by atoms with van der Waals surface area (Å²) in [6.07, 6.45) is 24.7. The summed E-state index contributed by atoms with van der Waals surface area (Å²) < 4.78 is 33.5. The highest BCUT2D eigenvalue weighted by atomic mass is 31.2. The number of aliphatic hydroxyl groups is 5. The molecule has 0 spiro atoms. The Bertz CT molecular complexity index is 1060. The number of aliphatic hydroxyl groups excluding tert-OH is 5. The highest BCUT2D eigenvalue weighted by molar-refractivity contribution is 7.47. The van der Waals surface area contributed by atoms with Gasteiger partial charge in [-0.15, -0.1) is 0 Å². The van der Waals surface area contributed by atoms with Crippen LogP contribution in [0.25, 0.3) is 0 Å². The van der Waals surface area contributed by atoms with Gasteiger partial charge in [0.15, 0.2) is 6.10 Å². The van der Waals surface area contributed by atoms with Gasteiger partial charge in [0, 0.05) is 12.8 Å². The van der Waals surface area contributed by atoms with Crippen LogP contribution in [0, 0.1) is 0 Å². The lowest BCUT2D eigenvalue weighted by atomic mass is 9.85. The normalized spacial score (nSPS) is 22.1. The van der Waals surface area contributed by atoms with Crippen LogP contribution < -0.4 is 0 Å². The maximum absolute atomic E-state index is 12.8. The number of esters is 2. The van der Waals surface area contributed by atoms with Crippen molar-refractivity contribution in [2.24, 2.45) is 0 Å². The zero-order valence-corrected chi connectivity index (χ0v) is 38.7. The number of unbranched alkanes of at least 4 members (excludes halogenated alkanes) is 29. The first-order valence-electron chi connectivity index (χ1n) is 24.3. The Morgan fingerprint density at radius 2 is 0.750 bits per heavy atom. The number of ether oxygens (including phenoxy) is 2. The summed E-state index contributed by atoms with van der Waals surface area (Å²) >= 11 is 0. The fourth-order valence-electron chi connectivity index (χ4n) is 7.76. The van der Waals surface area contributed by atoms with Crippen molar-refractivity contribution in [2.75, 3.05) is 13.2 Å². The van der Waals surface area contributed by atoms with Gasteiger partial charge in [-0.25, -0.2) is 4.57 Å². The summed E-state index contributed by atoms with van der Waals surface area (Å²) in [6.45, 7) is 3.30. The Kier molecular flexibility index (Phi) is 35.3. The number of rotatable bonds is 41. The highest BCUT2D eigenvalue weighted by Crippen LogP contribution is 2.47. The molecule has 0 radical (unpaired) electrons. The van der Waals surface area contributed by atoms with Crippen LogP contribution in [-0.4, -0.2) is 98.3 Å². The third kappa shape index (κ3) is 29.3. The van der Waals surface area contributed by atoms with E-state index in [9.17, 15) is 44.6 Å². The Balaban J connectivity index is 2.34. The zero-order valence-electron chi connectivity index (χ0n) is 37.8. The third-order valence-corrected chi connectivity index (χ3v) is 12.7. The standard InChI is InChI=1S/C46H89O13P/c1-3-5-7-9-11-13-14-15-16-17-18-19-20-21-22-23-24-25-27-29-31-33-35-40(48)58-38(36-56-39(47)34-32-30-28-26-12-10-8-6-4-2)37-57-60(54,55)59-46-44(52)42(50)41(49)43(51)45(46)53/h38,41-46,49-53H,3-37H2,1-2H3,(H,54,55). The molecule has 6 atom stereocenters. The molecule has 60 heavy (non-hydrogen) atoms. The fourth-order valence-corrected chi connectivity index (χ4v) is 8.73. The van der Waals surface area contributed by atoms with Crippen molar-refractivity contribution in [1.29, 1.82) is 0 Å². The second-order valence-electron chi connectivity index (χ2n) is 17.3. The monoisotopic (exact) mass is 881 g/mol. The third-order valence-electron chi connectivity index (χ3n) is 11.7. The predicted octanol–water partition coefficient (Wildman–Crippen LogP) is 9.67. The van der Waals surface area contributed by atoms with Gasteiger partial charge in [-0.3, -0.25) is 18.6 Å². The molecule has 14 heteroatoms. The van der Waals surface area contributed by atoms with E-state index in [2.05, 4.69) is 13.8 Å². The van der Waals surface area contributed by atoms with Crippen molar-refractivity contribution in [1.82, 2.24) is 0 Å². The molecule has 0 heterocycles. The fraction of sp³-hybridized carbons (Fsp3) is 0.957. The number of phosphoric acid groups is 1. The Labute approximate surface area is 363 Å². The molecule has 6 N–H and O–H groups in total. The van der Waals surface area contributed by atoms with Crippen LogP contribution in [0.15, 0.2) is 0 Å². The predicted molar refractivity (Wildman–Crippen MR) is 235 cm³/mol. The molecule has 6 unspecified atom stereocenters. The van der Waals surface area contributed by atoms with E-state index in [0.717, 1.165) is 38.5 Å². The summed E-state index contributed by atoms with van der Waals surface area (Å²) in [4.78, 5) is 35.6. The van der Waals surface area contributed by atoms with E-state index in [1.54, 1.807) is 0 Å². The van der Waals surface area contributed by atoms with Gasteiger partial charge in [-0.05, 0) is 12.8 Å². The van der Waals surface area contributed by atoms with Crippen molar-refractivity contribution in [3.05, 3.63) is 0 Å². The summed E-state index contributed by atoms with van der Waals surface area (Å²) in [6, 6.07) is 0. The van der Waals surface area contributed by atoms with Gasteiger partial charge in [0.1, 0.15) is 43.2 Å². The molecule has 1 aliphatic carbocycles. The molecule has 0 aromatic heterocycles. The second-order valence-corrected chi connectivity index (χ2v) is 18.7. The van der Waals surface area contributed by atoms with Crippen molar-refractivity contribution in [3.8, 4) is 0 Å². The van der Waals surface area contributed by atoms with Crippen molar-refractivity contribution in [3.63, 3.8) is 0 Å². The number of phosphoric ester groups is 1. The van der Waals surface area contributed by atoms with E-state index in [1.165, 1.54) is 148 Å². The van der Waals surface area contributed by atoms with Gasteiger partial charge in [-0.2, -0.15) is 0 Å². The lowest BCUT2D eigenvalue weighted by Gasteiger charge is -2.41. The molecule has 1 rings (SSSR count). The van der Waals surface area contributed by atoms with Gasteiger partial charge < -0.3 is 39.9 Å². The molecule has 1 fully saturated rings. The Hall–Kier alpha value is -1.15. The average molecular weight is 881 g/mol. The minimum atomic E-state index is -5.11. The second kappa shape index (κ2) is 37.2. The van der Waals surface area contributed by atoms with Crippen LogP contribution in [0.5, 0.6) is 0 Å². The average Bonchev–Trinajstić information content (AvgIpc) is 3.23. The molecule has 0 aliphatic heterocycles. The van der Waals surface area contributed by atoms with E-state index in [4.69, 9.17) is 18.5 Å². The summed E-state index contributed by atoms with van der Waals surface area (Å²) in [5.41, 5.74) is 0. The highest BCUT2D eigenvalue weighted by Gasteiger charge is 2.51. The number of carbonyl (C=O) groups is 2. The maximum atomic E-state index is 12.8. The first-order valence-corrected chi connectivity index (χ1v) is 25.8. The molecule has 0 bridgehead atoms. The van der Waals surface area contributed by atoms with Gasteiger partial charge in [0.05, 0.1) is 6.61 Å². The number of carbonyl (C=O) groups excluding carboxylic acids is 2.